The molecule has 0 radical (unpaired) electrons. The Hall–Kier alpha value is -2.84. The van der Waals surface area contributed by atoms with Gasteiger partial charge in [-0.3, -0.25) is 9.78 Å². The molecular formula is C21H25N5O3. The summed E-state index contributed by atoms with van der Waals surface area (Å²) >= 11 is 0. The summed E-state index contributed by atoms with van der Waals surface area (Å²) in [5, 5.41) is 13.9. The van der Waals surface area contributed by atoms with Gasteiger partial charge >= 0.3 is 0 Å². The number of aryl methyl sites for hydroxylation is 1. The van der Waals surface area contributed by atoms with Crippen molar-refractivity contribution in [1.82, 2.24) is 19.5 Å². The van der Waals surface area contributed by atoms with Crippen LogP contribution in [0.3, 0.4) is 0 Å². The van der Waals surface area contributed by atoms with Crippen LogP contribution in [0.25, 0.3) is 22.2 Å². The van der Waals surface area contributed by atoms with Gasteiger partial charge in [0.25, 0.3) is 5.56 Å². The van der Waals surface area contributed by atoms with Crippen LogP contribution in [-0.2, 0) is 17.4 Å². The maximum Gasteiger partial charge on any atom is 0.264 e. The van der Waals surface area contributed by atoms with Crippen molar-refractivity contribution in [1.29, 1.82) is 0 Å². The van der Waals surface area contributed by atoms with Crippen molar-refractivity contribution >= 4 is 16.7 Å². The molecule has 3 aromatic heterocycles. The first kappa shape index (κ1) is 19.5. The van der Waals surface area contributed by atoms with E-state index in [1.165, 1.54) is 10.9 Å². The first-order chi connectivity index (χ1) is 13.8. The van der Waals surface area contributed by atoms with E-state index in [-0.39, 0.29) is 11.7 Å². The third-order valence-electron chi connectivity index (χ3n) is 5.11. The monoisotopic (exact) mass is 395 g/mol. The van der Waals surface area contributed by atoms with Gasteiger partial charge in [-0.25, -0.2) is 9.97 Å². The van der Waals surface area contributed by atoms with E-state index in [9.17, 15) is 9.90 Å². The van der Waals surface area contributed by atoms with Crippen molar-refractivity contribution in [3.63, 3.8) is 0 Å². The van der Waals surface area contributed by atoms with Crippen molar-refractivity contribution in [2.24, 2.45) is 7.05 Å². The third kappa shape index (κ3) is 3.99. The fraction of sp³-hybridized carbons (Fsp3) is 0.429. The number of pyridine rings is 2. The van der Waals surface area contributed by atoms with Crippen LogP contribution in [0.15, 0.2) is 35.5 Å². The minimum absolute atomic E-state index is 0.115. The predicted octanol–water partition coefficient (Wildman–Crippen LogP) is 2.21. The molecule has 29 heavy (non-hydrogen) atoms. The second kappa shape index (κ2) is 7.53. The smallest absolute Gasteiger partial charge is 0.264 e. The highest BCUT2D eigenvalue weighted by molar-refractivity contribution is 5.91. The van der Waals surface area contributed by atoms with Gasteiger partial charge in [0.05, 0.1) is 29.3 Å². The molecule has 1 aliphatic rings. The molecule has 152 valence electrons. The molecule has 0 spiro atoms. The Kier molecular flexibility index (Phi) is 5.06. The van der Waals surface area contributed by atoms with Crippen LogP contribution in [0.2, 0.25) is 0 Å². The van der Waals surface area contributed by atoms with Gasteiger partial charge in [0.1, 0.15) is 16.8 Å². The molecule has 0 bridgehead atoms. The van der Waals surface area contributed by atoms with Gasteiger partial charge in [-0.2, -0.15) is 0 Å². The van der Waals surface area contributed by atoms with Gasteiger partial charge < -0.3 is 19.7 Å². The molecule has 1 atom stereocenters. The Labute approximate surface area is 168 Å². The lowest BCUT2D eigenvalue weighted by atomic mass is 10.0. The number of fused-ring (bicyclic) bond motifs is 1. The summed E-state index contributed by atoms with van der Waals surface area (Å²) in [4.78, 5) is 26.2. The summed E-state index contributed by atoms with van der Waals surface area (Å²) in [7, 11) is 1.67. The van der Waals surface area contributed by atoms with Crippen LogP contribution in [-0.4, -0.2) is 43.9 Å². The first-order valence-corrected chi connectivity index (χ1v) is 9.74. The van der Waals surface area contributed by atoms with E-state index >= 15 is 0 Å². The minimum Gasteiger partial charge on any atom is -0.384 e. The molecule has 0 aromatic carbocycles. The van der Waals surface area contributed by atoms with Gasteiger partial charge in [-0.1, -0.05) is 0 Å². The highest BCUT2D eigenvalue weighted by atomic mass is 16.5. The van der Waals surface area contributed by atoms with E-state index in [2.05, 4.69) is 15.3 Å². The first-order valence-electron chi connectivity index (χ1n) is 9.74. The molecule has 0 saturated carbocycles. The maximum atomic E-state index is 12.7. The number of hydrogen-bond donors (Lipinski definition) is 2. The van der Waals surface area contributed by atoms with Crippen LogP contribution in [0.5, 0.6) is 0 Å². The van der Waals surface area contributed by atoms with E-state index in [0.717, 1.165) is 25.0 Å². The number of ether oxygens (including phenoxy) is 1. The Balaban J connectivity index is 1.76. The number of rotatable bonds is 5. The molecule has 8 nitrogen and oxygen atoms in total. The Bertz CT molecular complexity index is 1080. The summed E-state index contributed by atoms with van der Waals surface area (Å²) in [6.07, 6.45) is 5.33. The van der Waals surface area contributed by atoms with Gasteiger partial charge in [-0.15, -0.1) is 0 Å². The second-order valence-electron chi connectivity index (χ2n) is 7.92. The van der Waals surface area contributed by atoms with Crippen LogP contribution in [0.4, 0.5) is 5.82 Å². The molecule has 4 heterocycles. The van der Waals surface area contributed by atoms with Crippen LogP contribution in [0, 0.1) is 0 Å². The third-order valence-corrected chi connectivity index (χ3v) is 5.11. The molecule has 1 saturated heterocycles. The van der Waals surface area contributed by atoms with Crippen molar-refractivity contribution in [3.8, 4) is 11.3 Å². The molecule has 0 aliphatic carbocycles. The number of nitrogens with zero attached hydrogens (tertiary/aromatic N) is 4. The molecule has 8 heteroatoms. The largest absolute Gasteiger partial charge is 0.384 e. The molecule has 0 amide bonds. The molecule has 3 aromatic rings. The fourth-order valence-electron chi connectivity index (χ4n) is 3.42. The summed E-state index contributed by atoms with van der Waals surface area (Å²) < 4.78 is 7.12. The molecular weight excluding hydrogens is 370 g/mol. The van der Waals surface area contributed by atoms with Gasteiger partial charge in [0.15, 0.2) is 0 Å². The summed E-state index contributed by atoms with van der Waals surface area (Å²) in [6.45, 7) is 4.73. The minimum atomic E-state index is -1.02. The molecule has 2 N–H and O–H groups in total. The van der Waals surface area contributed by atoms with Gasteiger partial charge in [-0.05, 0) is 44.9 Å². The van der Waals surface area contributed by atoms with Gasteiger partial charge in [0, 0.05) is 32.0 Å². The lowest BCUT2D eigenvalue weighted by Gasteiger charge is -2.17. The number of aromatic nitrogens is 4. The highest BCUT2D eigenvalue weighted by Gasteiger charge is 2.20. The second-order valence-corrected chi connectivity index (χ2v) is 7.92. The quantitative estimate of drug-likeness (QED) is 0.683. The molecule has 1 fully saturated rings. The number of nitrogens with one attached hydrogen (secondary N) is 1. The van der Waals surface area contributed by atoms with Crippen molar-refractivity contribution in [2.75, 3.05) is 18.5 Å². The fourth-order valence-corrected chi connectivity index (χ4v) is 3.42. The van der Waals surface area contributed by atoms with Crippen LogP contribution >= 0.6 is 0 Å². The van der Waals surface area contributed by atoms with E-state index < -0.39 is 5.60 Å². The van der Waals surface area contributed by atoms with E-state index in [1.54, 1.807) is 39.2 Å². The molecule has 1 aliphatic heterocycles. The van der Waals surface area contributed by atoms with Crippen molar-refractivity contribution in [3.05, 3.63) is 46.8 Å². The Morgan fingerprint density at radius 3 is 2.83 bits per heavy atom. The zero-order valence-corrected chi connectivity index (χ0v) is 16.8. The Morgan fingerprint density at radius 1 is 1.34 bits per heavy atom. The summed E-state index contributed by atoms with van der Waals surface area (Å²) in [6, 6.07) is 5.42. The number of aliphatic hydroxyl groups is 1. The highest BCUT2D eigenvalue weighted by Crippen LogP contribution is 2.26. The van der Waals surface area contributed by atoms with E-state index in [4.69, 9.17) is 9.72 Å². The van der Waals surface area contributed by atoms with E-state index in [0.29, 0.717) is 34.7 Å². The number of anilines is 1. The number of hydrogen-bond acceptors (Lipinski definition) is 7. The zero-order chi connectivity index (χ0) is 20.6. The topological polar surface area (TPSA) is 102 Å². The van der Waals surface area contributed by atoms with Crippen LogP contribution < -0.4 is 10.9 Å². The SMILES string of the molecule is Cn1cnc2cc(-c3ccc(C(C)(C)O)nc3)nc(NC[C@@H]3CCCO3)c2c1=O. The van der Waals surface area contributed by atoms with Crippen molar-refractivity contribution < 1.29 is 9.84 Å². The van der Waals surface area contributed by atoms with Crippen molar-refractivity contribution in [2.45, 2.75) is 38.4 Å². The zero-order valence-electron chi connectivity index (χ0n) is 16.8. The standard InChI is InChI=1S/C21H25N5O3/c1-21(2,28)17-7-6-13(10-22-17)15-9-16-18(20(27)26(3)12-24-16)19(25-15)23-11-14-5-4-8-29-14/h6-7,9-10,12,14,28H,4-5,8,11H2,1-3H3,(H,23,25)/t14-/m0/s1. The molecule has 4 rings (SSSR count). The average molecular weight is 395 g/mol. The molecule has 0 unspecified atom stereocenters. The summed E-state index contributed by atoms with van der Waals surface area (Å²) in [5.41, 5.74) is 1.41. The van der Waals surface area contributed by atoms with Crippen LogP contribution in [0.1, 0.15) is 32.4 Å². The predicted molar refractivity (Wildman–Crippen MR) is 111 cm³/mol. The average Bonchev–Trinajstić information content (AvgIpc) is 3.22. The normalized spacial score (nSPS) is 17.0. The Morgan fingerprint density at radius 2 is 2.17 bits per heavy atom. The lowest BCUT2D eigenvalue weighted by molar-refractivity contribution is 0.0739. The summed E-state index contributed by atoms with van der Waals surface area (Å²) in [5.74, 6) is 0.494. The van der Waals surface area contributed by atoms with E-state index in [1.807, 2.05) is 6.07 Å². The van der Waals surface area contributed by atoms with Gasteiger partial charge in [0.2, 0.25) is 0 Å². The lowest BCUT2D eigenvalue weighted by Crippen LogP contribution is -2.23. The maximum absolute atomic E-state index is 12.7.